The van der Waals surface area contributed by atoms with E-state index in [1.54, 1.807) is 12.1 Å². The van der Waals surface area contributed by atoms with Crippen LogP contribution in [0.15, 0.2) is 83.8 Å². The van der Waals surface area contributed by atoms with Gasteiger partial charge in [0, 0.05) is 18.7 Å². The number of aryl methyl sites for hydroxylation is 1. The van der Waals surface area contributed by atoms with Crippen molar-refractivity contribution < 1.29 is 17.9 Å². The van der Waals surface area contributed by atoms with E-state index in [0.29, 0.717) is 38.3 Å². The van der Waals surface area contributed by atoms with Crippen molar-refractivity contribution in [3.05, 3.63) is 101 Å². The number of benzene rings is 3. The summed E-state index contributed by atoms with van der Waals surface area (Å²) in [5.74, 6) is -0.295. The van der Waals surface area contributed by atoms with Gasteiger partial charge in [-0.25, -0.2) is 8.42 Å². The SMILES string of the molecule is Cc1ccc(S(=O)(=O)N2CCOCC2)cc1C(=O)NC(Cc1ccccc1)c1ccccc1. The number of nitrogens with one attached hydrogen (secondary N) is 1. The Balaban J connectivity index is 1.61. The van der Waals surface area contributed by atoms with Crippen molar-refractivity contribution in [2.75, 3.05) is 26.3 Å². The van der Waals surface area contributed by atoms with E-state index in [-0.39, 0.29) is 16.8 Å². The highest BCUT2D eigenvalue weighted by Gasteiger charge is 2.28. The van der Waals surface area contributed by atoms with Gasteiger partial charge >= 0.3 is 0 Å². The molecular formula is C26H28N2O4S. The van der Waals surface area contributed by atoms with E-state index in [1.807, 2.05) is 67.6 Å². The molecule has 33 heavy (non-hydrogen) atoms. The predicted octanol–water partition coefficient (Wildman–Crippen LogP) is 3.73. The van der Waals surface area contributed by atoms with Crippen LogP contribution in [-0.4, -0.2) is 44.9 Å². The Morgan fingerprint density at radius 1 is 0.970 bits per heavy atom. The molecule has 1 fully saturated rings. The first-order valence-electron chi connectivity index (χ1n) is 11.0. The number of ether oxygens (including phenoxy) is 1. The summed E-state index contributed by atoms with van der Waals surface area (Å²) in [5.41, 5.74) is 3.18. The lowest BCUT2D eigenvalue weighted by molar-refractivity contribution is 0.0730. The van der Waals surface area contributed by atoms with Crippen LogP contribution in [0, 0.1) is 6.92 Å². The monoisotopic (exact) mass is 464 g/mol. The Hall–Kier alpha value is -3.00. The zero-order chi connectivity index (χ0) is 23.3. The van der Waals surface area contributed by atoms with Gasteiger partial charge in [0.15, 0.2) is 0 Å². The van der Waals surface area contributed by atoms with Gasteiger partial charge in [-0.15, -0.1) is 0 Å². The van der Waals surface area contributed by atoms with Crippen molar-refractivity contribution in [2.24, 2.45) is 0 Å². The maximum Gasteiger partial charge on any atom is 0.252 e. The van der Waals surface area contributed by atoms with E-state index in [2.05, 4.69) is 5.32 Å². The van der Waals surface area contributed by atoms with E-state index in [9.17, 15) is 13.2 Å². The molecule has 0 aliphatic carbocycles. The third-order valence-corrected chi connectivity index (χ3v) is 7.75. The number of hydrogen-bond donors (Lipinski definition) is 1. The number of sulfonamides is 1. The molecule has 3 aromatic rings. The molecular weight excluding hydrogens is 436 g/mol. The molecule has 7 heteroatoms. The first-order valence-corrected chi connectivity index (χ1v) is 12.5. The first kappa shape index (κ1) is 23.2. The molecule has 1 aliphatic heterocycles. The molecule has 1 aliphatic rings. The highest BCUT2D eigenvalue weighted by atomic mass is 32.2. The second kappa shape index (κ2) is 10.3. The van der Waals surface area contributed by atoms with Gasteiger partial charge in [0.05, 0.1) is 24.2 Å². The maximum atomic E-state index is 13.4. The summed E-state index contributed by atoms with van der Waals surface area (Å²) in [5, 5.41) is 3.13. The summed E-state index contributed by atoms with van der Waals surface area (Å²) in [6.45, 7) is 3.18. The zero-order valence-corrected chi connectivity index (χ0v) is 19.4. The van der Waals surface area contributed by atoms with Crippen LogP contribution >= 0.6 is 0 Å². The Bertz CT molecular complexity index is 1190. The number of hydrogen-bond acceptors (Lipinski definition) is 4. The lowest BCUT2D eigenvalue weighted by Crippen LogP contribution is -2.40. The Morgan fingerprint density at radius 2 is 1.61 bits per heavy atom. The molecule has 3 aromatic carbocycles. The molecule has 0 radical (unpaired) electrons. The number of rotatable bonds is 7. The average Bonchev–Trinajstić information content (AvgIpc) is 2.85. The van der Waals surface area contributed by atoms with Gasteiger partial charge in [0.2, 0.25) is 10.0 Å². The standard InChI is InChI=1S/C26H28N2O4S/c1-20-12-13-23(33(30,31)28-14-16-32-17-15-28)19-24(20)26(29)27-25(22-10-6-3-7-11-22)18-21-8-4-2-5-9-21/h2-13,19,25H,14-18H2,1H3,(H,27,29). The third-order valence-electron chi connectivity index (χ3n) is 5.85. The molecule has 0 bridgehead atoms. The summed E-state index contributed by atoms with van der Waals surface area (Å²) in [7, 11) is -3.69. The van der Waals surface area contributed by atoms with Gasteiger partial charge in [0.25, 0.3) is 5.91 Å². The van der Waals surface area contributed by atoms with Gasteiger partial charge in [-0.2, -0.15) is 4.31 Å². The summed E-state index contributed by atoms with van der Waals surface area (Å²) < 4.78 is 32.9. The minimum absolute atomic E-state index is 0.125. The molecule has 1 unspecified atom stereocenters. The van der Waals surface area contributed by atoms with E-state index >= 15 is 0 Å². The first-order chi connectivity index (χ1) is 15.9. The van der Waals surface area contributed by atoms with Crippen LogP contribution < -0.4 is 5.32 Å². The second-order valence-corrected chi connectivity index (χ2v) is 10.1. The fraction of sp³-hybridized carbons (Fsp3) is 0.269. The predicted molar refractivity (Wildman–Crippen MR) is 128 cm³/mol. The molecule has 1 N–H and O–H groups in total. The smallest absolute Gasteiger partial charge is 0.252 e. The summed E-state index contributed by atoms with van der Waals surface area (Å²) in [6.07, 6.45) is 0.626. The number of nitrogens with zero attached hydrogens (tertiary/aromatic N) is 1. The van der Waals surface area contributed by atoms with Crippen molar-refractivity contribution in [1.29, 1.82) is 0 Å². The molecule has 1 atom stereocenters. The van der Waals surface area contributed by atoms with Crippen molar-refractivity contribution in [3.63, 3.8) is 0 Å². The molecule has 4 rings (SSSR count). The fourth-order valence-corrected chi connectivity index (χ4v) is 5.40. The number of carbonyl (C=O) groups is 1. The molecule has 0 saturated carbocycles. The minimum Gasteiger partial charge on any atom is -0.379 e. The van der Waals surface area contributed by atoms with Crippen LogP contribution in [0.1, 0.15) is 33.1 Å². The highest BCUT2D eigenvalue weighted by molar-refractivity contribution is 7.89. The lowest BCUT2D eigenvalue weighted by atomic mass is 9.98. The summed E-state index contributed by atoms with van der Waals surface area (Å²) in [4.78, 5) is 13.5. The van der Waals surface area contributed by atoms with Gasteiger partial charge < -0.3 is 10.1 Å². The molecule has 6 nitrogen and oxygen atoms in total. The third kappa shape index (κ3) is 5.50. The van der Waals surface area contributed by atoms with Crippen LogP contribution in [-0.2, 0) is 21.2 Å². The number of carbonyl (C=O) groups excluding carboxylic acids is 1. The van der Waals surface area contributed by atoms with Crippen LogP contribution in [0.2, 0.25) is 0 Å². The van der Waals surface area contributed by atoms with E-state index in [4.69, 9.17) is 4.74 Å². The Kier molecular flexibility index (Phi) is 7.23. The van der Waals surface area contributed by atoms with Crippen LogP contribution in [0.4, 0.5) is 0 Å². The van der Waals surface area contributed by atoms with Crippen molar-refractivity contribution >= 4 is 15.9 Å². The van der Waals surface area contributed by atoms with Gasteiger partial charge in [-0.3, -0.25) is 4.79 Å². The molecule has 1 saturated heterocycles. The van der Waals surface area contributed by atoms with Gasteiger partial charge in [0.1, 0.15) is 0 Å². The largest absolute Gasteiger partial charge is 0.379 e. The molecule has 1 heterocycles. The Morgan fingerprint density at radius 3 is 2.27 bits per heavy atom. The second-order valence-electron chi connectivity index (χ2n) is 8.12. The quantitative estimate of drug-likeness (QED) is 0.578. The van der Waals surface area contributed by atoms with E-state index in [1.165, 1.54) is 10.4 Å². The topological polar surface area (TPSA) is 75.7 Å². The van der Waals surface area contributed by atoms with Crippen molar-refractivity contribution in [2.45, 2.75) is 24.3 Å². The Labute approximate surface area is 195 Å². The van der Waals surface area contributed by atoms with Crippen LogP contribution in [0.25, 0.3) is 0 Å². The van der Waals surface area contributed by atoms with E-state index < -0.39 is 10.0 Å². The normalized spacial score (nSPS) is 15.7. The van der Waals surface area contributed by atoms with Gasteiger partial charge in [-0.1, -0.05) is 66.7 Å². The van der Waals surface area contributed by atoms with Crippen LogP contribution in [0.3, 0.4) is 0 Å². The lowest BCUT2D eigenvalue weighted by Gasteiger charge is -2.26. The highest BCUT2D eigenvalue weighted by Crippen LogP contribution is 2.23. The minimum atomic E-state index is -3.69. The average molecular weight is 465 g/mol. The van der Waals surface area contributed by atoms with E-state index in [0.717, 1.165) is 16.7 Å². The molecule has 0 aromatic heterocycles. The molecule has 172 valence electrons. The summed E-state index contributed by atoms with van der Waals surface area (Å²) in [6, 6.07) is 24.3. The number of amides is 1. The maximum absolute atomic E-state index is 13.4. The van der Waals surface area contributed by atoms with Crippen molar-refractivity contribution in [3.8, 4) is 0 Å². The van der Waals surface area contributed by atoms with Crippen LogP contribution in [0.5, 0.6) is 0 Å². The fourth-order valence-electron chi connectivity index (χ4n) is 3.97. The molecule has 1 amide bonds. The van der Waals surface area contributed by atoms with Crippen molar-refractivity contribution in [1.82, 2.24) is 9.62 Å². The number of morpholine rings is 1. The zero-order valence-electron chi connectivity index (χ0n) is 18.6. The van der Waals surface area contributed by atoms with Gasteiger partial charge in [-0.05, 0) is 42.2 Å². The summed E-state index contributed by atoms with van der Waals surface area (Å²) >= 11 is 0. The molecule has 0 spiro atoms.